The topological polar surface area (TPSA) is 30.5 Å². The predicted octanol–water partition coefficient (Wildman–Crippen LogP) is 6.56. The molecule has 0 fully saturated rings. The molecule has 1 atom stereocenters. The number of ether oxygens (including phenoxy) is 2. The molecule has 1 N–H and O–H groups in total. The third-order valence-electron chi connectivity index (χ3n) is 5.45. The van der Waals surface area contributed by atoms with Gasteiger partial charge in [-0.15, -0.1) is 0 Å². The summed E-state index contributed by atoms with van der Waals surface area (Å²) in [4.78, 5) is 0. The number of benzene rings is 1. The summed E-state index contributed by atoms with van der Waals surface area (Å²) in [6.45, 7) is 3.91. The van der Waals surface area contributed by atoms with E-state index < -0.39 is 40.6 Å². The number of rotatable bonds is 14. The van der Waals surface area contributed by atoms with Crippen molar-refractivity contribution in [2.45, 2.75) is 71.0 Å². The van der Waals surface area contributed by atoms with Crippen LogP contribution in [-0.2, 0) is 9.47 Å². The van der Waals surface area contributed by atoms with Crippen molar-refractivity contribution in [3.63, 3.8) is 0 Å². The number of nitrogens with one attached hydrogen (secondary N) is 1. The Bertz CT molecular complexity index is 601. The molecule has 1 unspecified atom stereocenters. The highest BCUT2D eigenvalue weighted by molar-refractivity contribution is 5.47. The molecule has 0 bridgehead atoms. The average Bonchev–Trinajstić information content (AvgIpc) is 2.74. The Hall–Kier alpha value is -1.41. The van der Waals surface area contributed by atoms with Crippen LogP contribution in [0, 0.1) is 35.0 Å². The van der Waals surface area contributed by atoms with Crippen LogP contribution >= 0.6 is 0 Å². The molecule has 0 saturated carbocycles. The number of halogens is 5. The fraction of sp³-hybridized carbons (Fsp3) is 0.714. The smallest absolute Gasteiger partial charge is 0.200 e. The van der Waals surface area contributed by atoms with E-state index in [1.807, 2.05) is 6.92 Å². The van der Waals surface area contributed by atoms with Gasteiger partial charge in [-0.3, -0.25) is 0 Å². The molecule has 0 heterocycles. The summed E-state index contributed by atoms with van der Waals surface area (Å²) in [6.07, 6.45) is 7.40. The minimum absolute atomic E-state index is 0.0666. The molecule has 0 aliphatic heterocycles. The van der Waals surface area contributed by atoms with Gasteiger partial charge in [0, 0.05) is 26.7 Å². The van der Waals surface area contributed by atoms with Gasteiger partial charge >= 0.3 is 0 Å². The minimum atomic E-state index is -2.18. The van der Waals surface area contributed by atoms with Crippen LogP contribution in [0.15, 0.2) is 0 Å². The van der Waals surface area contributed by atoms with E-state index in [9.17, 15) is 22.0 Å². The minimum Gasteiger partial charge on any atom is -0.380 e. The van der Waals surface area contributed by atoms with Crippen LogP contribution in [0.25, 0.3) is 0 Å². The number of anilines is 1. The van der Waals surface area contributed by atoms with E-state index in [2.05, 4.69) is 12.2 Å². The highest BCUT2D eigenvalue weighted by Crippen LogP contribution is 2.33. The van der Waals surface area contributed by atoms with Crippen molar-refractivity contribution in [1.82, 2.24) is 0 Å². The van der Waals surface area contributed by atoms with Gasteiger partial charge in [-0.2, -0.15) is 0 Å². The van der Waals surface area contributed by atoms with E-state index in [1.165, 1.54) is 20.6 Å². The second-order valence-corrected chi connectivity index (χ2v) is 7.15. The molecule has 1 rings (SSSR count). The van der Waals surface area contributed by atoms with E-state index in [1.54, 1.807) is 0 Å². The molecule has 3 nitrogen and oxygen atoms in total. The third kappa shape index (κ3) is 6.28. The van der Waals surface area contributed by atoms with Gasteiger partial charge in [0.1, 0.15) is 5.69 Å². The molecule has 0 radical (unpaired) electrons. The van der Waals surface area contributed by atoms with Crippen molar-refractivity contribution in [3.05, 3.63) is 29.1 Å². The van der Waals surface area contributed by atoms with Gasteiger partial charge in [0.15, 0.2) is 29.1 Å². The van der Waals surface area contributed by atoms with Gasteiger partial charge in [-0.05, 0) is 12.8 Å². The first-order chi connectivity index (χ1) is 13.8. The van der Waals surface area contributed by atoms with Gasteiger partial charge in [-0.1, -0.05) is 52.4 Å². The lowest BCUT2D eigenvalue weighted by Gasteiger charge is -2.38. The molecule has 8 heteroatoms. The van der Waals surface area contributed by atoms with Crippen molar-refractivity contribution in [3.8, 4) is 0 Å². The van der Waals surface area contributed by atoms with Gasteiger partial charge in [0.05, 0.1) is 0 Å². The van der Waals surface area contributed by atoms with Crippen LogP contribution in [0.4, 0.5) is 27.6 Å². The summed E-state index contributed by atoms with van der Waals surface area (Å²) in [5, 5.41) is 2.40. The van der Waals surface area contributed by atoms with Crippen molar-refractivity contribution in [2.24, 2.45) is 5.92 Å². The normalized spacial score (nSPS) is 13.0. The quantitative estimate of drug-likeness (QED) is 0.120. The molecule has 1 aromatic rings. The zero-order valence-electron chi connectivity index (χ0n) is 17.6. The predicted molar refractivity (Wildman–Crippen MR) is 103 cm³/mol. The molecule has 0 saturated heterocycles. The Kier molecular flexibility index (Phi) is 10.9. The molecule has 1 aromatic carbocycles. The lowest BCUT2D eigenvalue weighted by atomic mass is 9.89. The van der Waals surface area contributed by atoms with Gasteiger partial charge in [0.2, 0.25) is 5.82 Å². The van der Waals surface area contributed by atoms with E-state index >= 15 is 0 Å². The SMILES string of the molecule is CCCCCCCCC(CNc1c(F)c(F)c(F)c(F)c1F)C(CC)(OC)OC. The Balaban J connectivity index is 2.95. The van der Waals surface area contributed by atoms with Crippen LogP contribution in [0.3, 0.4) is 0 Å². The molecular weight excluding hydrogens is 393 g/mol. The maximum atomic E-state index is 14.0. The standard InChI is InChI=1S/C21H32F5NO2/c1-5-7-8-9-10-11-12-14(21(6-2,28-3)29-4)13-27-20-18(25)16(23)15(22)17(24)19(20)26/h14,27H,5-13H2,1-4H3. The van der Waals surface area contributed by atoms with E-state index in [4.69, 9.17) is 9.47 Å². The summed E-state index contributed by atoms with van der Waals surface area (Å²) in [7, 11) is 2.94. The monoisotopic (exact) mass is 425 g/mol. The average molecular weight is 425 g/mol. The van der Waals surface area contributed by atoms with E-state index in [0.717, 1.165) is 32.1 Å². The second kappa shape index (κ2) is 12.3. The molecule has 0 spiro atoms. The van der Waals surface area contributed by atoms with Crippen molar-refractivity contribution in [2.75, 3.05) is 26.1 Å². The summed E-state index contributed by atoms with van der Waals surface area (Å²) in [6, 6.07) is 0. The summed E-state index contributed by atoms with van der Waals surface area (Å²) < 4.78 is 79.2. The van der Waals surface area contributed by atoms with Crippen molar-refractivity contribution in [1.29, 1.82) is 0 Å². The number of methoxy groups -OCH3 is 2. The van der Waals surface area contributed by atoms with Crippen LogP contribution < -0.4 is 5.32 Å². The molecule has 0 aromatic heterocycles. The van der Waals surface area contributed by atoms with Crippen LogP contribution in [-0.4, -0.2) is 26.6 Å². The Morgan fingerprint density at radius 1 is 0.759 bits per heavy atom. The maximum Gasteiger partial charge on any atom is 0.200 e. The van der Waals surface area contributed by atoms with Gasteiger partial charge in [0.25, 0.3) is 0 Å². The summed E-state index contributed by atoms with van der Waals surface area (Å²) in [5.41, 5.74) is -1.04. The molecule has 29 heavy (non-hydrogen) atoms. The van der Waals surface area contributed by atoms with E-state index in [-0.39, 0.29) is 12.5 Å². The Morgan fingerprint density at radius 3 is 1.72 bits per heavy atom. The molecular formula is C21H32F5NO2. The fourth-order valence-corrected chi connectivity index (χ4v) is 3.63. The van der Waals surface area contributed by atoms with Gasteiger partial charge in [-0.25, -0.2) is 22.0 Å². The summed E-state index contributed by atoms with van der Waals surface area (Å²) in [5.74, 6) is -11.3. The third-order valence-corrected chi connectivity index (χ3v) is 5.45. The fourth-order valence-electron chi connectivity index (χ4n) is 3.63. The van der Waals surface area contributed by atoms with Crippen LogP contribution in [0.2, 0.25) is 0 Å². The molecule has 168 valence electrons. The van der Waals surface area contributed by atoms with E-state index in [0.29, 0.717) is 12.8 Å². The van der Waals surface area contributed by atoms with Gasteiger partial charge < -0.3 is 14.8 Å². The second-order valence-electron chi connectivity index (χ2n) is 7.15. The molecule has 0 aliphatic carbocycles. The maximum absolute atomic E-state index is 14.0. The van der Waals surface area contributed by atoms with Crippen LogP contribution in [0.1, 0.15) is 65.2 Å². The number of unbranched alkanes of at least 4 members (excludes halogenated alkanes) is 5. The molecule has 0 aliphatic rings. The molecule has 0 amide bonds. The van der Waals surface area contributed by atoms with Crippen LogP contribution in [0.5, 0.6) is 0 Å². The summed E-state index contributed by atoms with van der Waals surface area (Å²) >= 11 is 0. The highest BCUT2D eigenvalue weighted by atomic mass is 19.2. The number of hydrogen-bond donors (Lipinski definition) is 1. The van der Waals surface area contributed by atoms with Crippen molar-refractivity contribution < 1.29 is 31.4 Å². The first-order valence-corrected chi connectivity index (χ1v) is 10.1. The highest BCUT2D eigenvalue weighted by Gasteiger charge is 2.38. The Morgan fingerprint density at radius 2 is 1.24 bits per heavy atom. The lowest BCUT2D eigenvalue weighted by Crippen LogP contribution is -2.44. The van der Waals surface area contributed by atoms with Crippen molar-refractivity contribution >= 4 is 5.69 Å². The zero-order valence-corrected chi connectivity index (χ0v) is 17.6. The zero-order chi connectivity index (χ0) is 22.0. The first kappa shape index (κ1) is 25.6. The lowest BCUT2D eigenvalue weighted by molar-refractivity contribution is -0.240. The Labute approximate surface area is 170 Å². The first-order valence-electron chi connectivity index (χ1n) is 10.1. The number of hydrogen-bond acceptors (Lipinski definition) is 3. The largest absolute Gasteiger partial charge is 0.380 e.